The molecule has 0 saturated carbocycles. The molecule has 9 heteroatoms. The SMILES string of the molecule is CN1CC2=C(C1)CN(Sc1ccc(OC(F)F)cc1)C2.O=CCn1cccn1. The third kappa shape index (κ3) is 5.88. The van der Waals surface area contributed by atoms with Crippen LogP contribution in [0.15, 0.2) is 58.8 Å². The van der Waals surface area contributed by atoms with Gasteiger partial charge in [-0.15, -0.1) is 0 Å². The Morgan fingerprint density at radius 1 is 1.18 bits per heavy atom. The minimum atomic E-state index is -2.77. The number of halogens is 2. The second-order valence-corrected chi connectivity index (χ2v) is 7.68. The molecule has 0 spiro atoms. The number of carbonyl (C=O) groups excluding carboxylic acids is 1. The quantitative estimate of drug-likeness (QED) is 0.416. The molecule has 0 saturated heterocycles. The van der Waals surface area contributed by atoms with Crippen LogP contribution < -0.4 is 4.74 Å². The topological polar surface area (TPSA) is 50.6 Å². The summed E-state index contributed by atoms with van der Waals surface area (Å²) in [6.45, 7) is 1.68. The Labute approximate surface area is 166 Å². The van der Waals surface area contributed by atoms with E-state index in [1.54, 1.807) is 47.2 Å². The number of ether oxygens (including phenoxy) is 1. The van der Waals surface area contributed by atoms with Gasteiger partial charge >= 0.3 is 6.61 Å². The van der Waals surface area contributed by atoms with Gasteiger partial charge in [0.2, 0.25) is 0 Å². The van der Waals surface area contributed by atoms with Gasteiger partial charge in [-0.2, -0.15) is 13.9 Å². The van der Waals surface area contributed by atoms with Gasteiger partial charge in [-0.25, -0.2) is 4.31 Å². The molecule has 0 N–H and O–H groups in total. The first kappa shape index (κ1) is 20.5. The van der Waals surface area contributed by atoms with Crippen molar-refractivity contribution in [1.29, 1.82) is 0 Å². The van der Waals surface area contributed by atoms with Crippen molar-refractivity contribution < 1.29 is 18.3 Å². The Balaban J connectivity index is 0.000000236. The van der Waals surface area contributed by atoms with Crippen molar-refractivity contribution in [2.75, 3.05) is 33.2 Å². The number of likely N-dealkylation sites (N-methyl/N-ethyl adjacent to an activating group) is 1. The highest BCUT2D eigenvalue weighted by molar-refractivity contribution is 7.97. The van der Waals surface area contributed by atoms with Gasteiger partial charge in [-0.3, -0.25) is 9.58 Å². The number of nitrogens with zero attached hydrogens (tertiary/aromatic N) is 4. The van der Waals surface area contributed by atoms with Gasteiger partial charge in [-0.05, 0) is 60.5 Å². The fourth-order valence-corrected chi connectivity index (χ4v) is 4.11. The summed E-state index contributed by atoms with van der Waals surface area (Å²) in [5.41, 5.74) is 3.05. The van der Waals surface area contributed by atoms with E-state index in [1.807, 2.05) is 12.1 Å². The van der Waals surface area contributed by atoms with Crippen LogP contribution in [0.5, 0.6) is 5.75 Å². The molecule has 0 radical (unpaired) electrons. The van der Waals surface area contributed by atoms with Gasteiger partial charge in [0.05, 0.1) is 6.54 Å². The second-order valence-electron chi connectivity index (χ2n) is 6.51. The van der Waals surface area contributed by atoms with E-state index >= 15 is 0 Å². The van der Waals surface area contributed by atoms with E-state index in [1.165, 1.54) is 11.1 Å². The van der Waals surface area contributed by atoms with Crippen LogP contribution in [-0.4, -0.2) is 65.1 Å². The van der Waals surface area contributed by atoms with Gasteiger partial charge in [0.25, 0.3) is 0 Å². The van der Waals surface area contributed by atoms with Crippen LogP contribution in [0.2, 0.25) is 0 Å². The van der Waals surface area contributed by atoms with Gasteiger partial charge in [0, 0.05) is 43.5 Å². The molecular formula is C19H22F2N4O2S. The van der Waals surface area contributed by atoms with E-state index in [-0.39, 0.29) is 5.75 Å². The molecule has 2 aliphatic rings. The van der Waals surface area contributed by atoms with Crippen LogP contribution in [0.25, 0.3) is 0 Å². The lowest BCUT2D eigenvalue weighted by Gasteiger charge is -2.19. The molecule has 150 valence electrons. The summed E-state index contributed by atoms with van der Waals surface area (Å²) in [4.78, 5) is 13.2. The fraction of sp³-hybridized carbons (Fsp3) is 0.368. The molecule has 0 aliphatic carbocycles. The lowest BCUT2D eigenvalue weighted by atomic mass is 10.2. The van der Waals surface area contributed by atoms with Gasteiger partial charge in [0.15, 0.2) is 0 Å². The Hall–Kier alpha value is -2.23. The minimum Gasteiger partial charge on any atom is -0.435 e. The summed E-state index contributed by atoms with van der Waals surface area (Å²) in [5.74, 6) is 0.202. The maximum absolute atomic E-state index is 12.1. The molecule has 6 nitrogen and oxygen atoms in total. The number of rotatable bonds is 6. The number of alkyl halides is 2. The summed E-state index contributed by atoms with van der Waals surface area (Å²) < 4.78 is 32.3. The average Bonchev–Trinajstić information content (AvgIpc) is 3.34. The fourth-order valence-electron chi connectivity index (χ4n) is 3.12. The normalized spacial score (nSPS) is 16.9. The number of benzene rings is 1. The van der Waals surface area contributed by atoms with Gasteiger partial charge < -0.3 is 9.53 Å². The molecule has 4 rings (SSSR count). The molecule has 0 unspecified atom stereocenters. The second kappa shape index (κ2) is 9.81. The zero-order valence-corrected chi connectivity index (χ0v) is 16.3. The number of aromatic nitrogens is 2. The molecule has 0 amide bonds. The summed E-state index contributed by atoms with van der Waals surface area (Å²) >= 11 is 1.67. The molecular weight excluding hydrogens is 386 g/mol. The summed E-state index contributed by atoms with van der Waals surface area (Å²) in [6, 6.07) is 8.58. The van der Waals surface area contributed by atoms with Crippen molar-refractivity contribution in [3.05, 3.63) is 53.9 Å². The zero-order valence-electron chi connectivity index (χ0n) is 15.5. The van der Waals surface area contributed by atoms with Crippen LogP contribution in [0.4, 0.5) is 8.78 Å². The summed E-state index contributed by atoms with van der Waals surface area (Å²) in [5, 5.41) is 3.79. The minimum absolute atomic E-state index is 0.202. The number of aldehydes is 1. The standard InChI is InChI=1S/C14H16F2N2OS.C5H6N2O/c1-17-6-10-8-18(9-11(10)7-17)20-13-4-2-12(3-5-13)19-14(15)16;8-5-4-7-3-1-2-6-7/h2-5,14H,6-9H2,1H3;1-3,5H,4H2. The van der Waals surface area contributed by atoms with Crippen LogP contribution in [0.3, 0.4) is 0 Å². The van der Waals surface area contributed by atoms with Crippen molar-refractivity contribution in [3.63, 3.8) is 0 Å². The smallest absolute Gasteiger partial charge is 0.387 e. The van der Waals surface area contributed by atoms with Crippen LogP contribution in [0, 0.1) is 0 Å². The highest BCUT2D eigenvalue weighted by Crippen LogP contribution is 2.33. The first-order chi connectivity index (χ1) is 13.5. The van der Waals surface area contributed by atoms with E-state index in [4.69, 9.17) is 0 Å². The van der Waals surface area contributed by atoms with Crippen molar-refractivity contribution in [1.82, 2.24) is 19.0 Å². The van der Waals surface area contributed by atoms with E-state index in [0.717, 1.165) is 37.4 Å². The highest BCUT2D eigenvalue weighted by Gasteiger charge is 2.28. The molecule has 0 bridgehead atoms. The van der Waals surface area contributed by atoms with E-state index in [2.05, 4.69) is 26.1 Å². The summed E-state index contributed by atoms with van der Waals surface area (Å²) in [6.07, 6.45) is 4.20. The van der Waals surface area contributed by atoms with Crippen molar-refractivity contribution in [2.45, 2.75) is 18.1 Å². The molecule has 0 fully saturated rings. The largest absolute Gasteiger partial charge is 0.435 e. The first-order valence-corrected chi connectivity index (χ1v) is 9.58. The predicted octanol–water partition coefficient (Wildman–Crippen LogP) is 2.93. The monoisotopic (exact) mass is 408 g/mol. The van der Waals surface area contributed by atoms with Crippen LogP contribution >= 0.6 is 11.9 Å². The Morgan fingerprint density at radius 3 is 2.39 bits per heavy atom. The molecule has 1 aromatic carbocycles. The maximum Gasteiger partial charge on any atom is 0.387 e. The highest BCUT2D eigenvalue weighted by atomic mass is 32.2. The average molecular weight is 408 g/mol. The number of hydrogen-bond donors (Lipinski definition) is 0. The van der Waals surface area contributed by atoms with Crippen LogP contribution in [0.1, 0.15) is 0 Å². The molecule has 2 aromatic rings. The summed E-state index contributed by atoms with van der Waals surface area (Å²) in [7, 11) is 2.14. The van der Waals surface area contributed by atoms with Crippen molar-refractivity contribution in [3.8, 4) is 5.75 Å². The van der Waals surface area contributed by atoms with Crippen molar-refractivity contribution >= 4 is 18.2 Å². The maximum atomic E-state index is 12.1. The lowest BCUT2D eigenvalue weighted by Crippen LogP contribution is -2.23. The lowest BCUT2D eigenvalue weighted by molar-refractivity contribution is -0.108. The molecule has 0 atom stereocenters. The predicted molar refractivity (Wildman–Crippen MR) is 103 cm³/mol. The zero-order chi connectivity index (χ0) is 19.9. The van der Waals surface area contributed by atoms with E-state index < -0.39 is 6.61 Å². The van der Waals surface area contributed by atoms with E-state index in [9.17, 15) is 13.6 Å². The molecule has 3 heterocycles. The van der Waals surface area contributed by atoms with Crippen molar-refractivity contribution in [2.24, 2.45) is 0 Å². The third-order valence-electron chi connectivity index (χ3n) is 4.26. The number of hydrogen-bond acceptors (Lipinski definition) is 6. The van der Waals surface area contributed by atoms with Crippen LogP contribution in [-0.2, 0) is 11.3 Å². The van der Waals surface area contributed by atoms with E-state index in [0.29, 0.717) is 6.54 Å². The van der Waals surface area contributed by atoms with Gasteiger partial charge in [-0.1, -0.05) is 0 Å². The number of carbonyl (C=O) groups is 1. The van der Waals surface area contributed by atoms with Gasteiger partial charge in [0.1, 0.15) is 12.0 Å². The molecule has 1 aromatic heterocycles. The Kier molecular flexibility index (Phi) is 7.18. The molecule has 2 aliphatic heterocycles. The molecule has 28 heavy (non-hydrogen) atoms. The first-order valence-electron chi connectivity index (χ1n) is 8.80. The Morgan fingerprint density at radius 2 is 1.86 bits per heavy atom. The third-order valence-corrected chi connectivity index (χ3v) is 5.26. The Bertz CT molecular complexity index is 779.